The molecule has 1 aromatic rings. The number of aliphatic hydroxyl groups excluding tert-OH is 1. The Hall–Kier alpha value is -0.970. The third-order valence-corrected chi connectivity index (χ3v) is 2.37. The van der Waals surface area contributed by atoms with Gasteiger partial charge in [-0.1, -0.05) is 13.3 Å². The first-order chi connectivity index (χ1) is 7.06. The minimum absolute atomic E-state index is 0. The van der Waals surface area contributed by atoms with Crippen LogP contribution in [-0.4, -0.2) is 21.4 Å². The molecule has 0 amide bonds. The molecule has 0 saturated carbocycles. The van der Waals surface area contributed by atoms with Crippen LogP contribution in [0.15, 0.2) is 18.2 Å². The van der Waals surface area contributed by atoms with E-state index in [0.717, 1.165) is 6.42 Å². The van der Waals surface area contributed by atoms with E-state index in [1.807, 2.05) is 6.92 Å². The van der Waals surface area contributed by atoms with Gasteiger partial charge in [-0.15, -0.1) is 12.4 Å². The third kappa shape index (κ3) is 3.56. The molecule has 0 saturated heterocycles. The molecule has 0 fully saturated rings. The summed E-state index contributed by atoms with van der Waals surface area (Å²) < 4.78 is 0. The normalized spacial score (nSPS) is 13.9. The molecule has 92 valence electrons. The fourth-order valence-electron chi connectivity index (χ4n) is 1.49. The minimum atomic E-state index is -0.706. The van der Waals surface area contributed by atoms with Crippen LogP contribution in [0.25, 0.3) is 0 Å². The van der Waals surface area contributed by atoms with Crippen molar-refractivity contribution in [2.45, 2.75) is 31.9 Å². The number of aromatic hydroxyl groups is 2. The van der Waals surface area contributed by atoms with Crippen molar-refractivity contribution in [3.63, 3.8) is 0 Å². The maximum absolute atomic E-state index is 9.67. The first kappa shape index (κ1) is 15.0. The maximum atomic E-state index is 9.67. The summed E-state index contributed by atoms with van der Waals surface area (Å²) >= 11 is 0. The molecule has 0 spiro atoms. The Bertz CT molecular complexity index is 333. The molecule has 0 aliphatic rings. The van der Waals surface area contributed by atoms with Crippen LogP contribution in [0.4, 0.5) is 0 Å². The van der Waals surface area contributed by atoms with Crippen LogP contribution in [-0.2, 0) is 0 Å². The quantitative estimate of drug-likeness (QED) is 0.610. The summed E-state index contributed by atoms with van der Waals surface area (Å²) in [4.78, 5) is 0. The molecule has 1 aromatic carbocycles. The topological polar surface area (TPSA) is 86.7 Å². The van der Waals surface area contributed by atoms with E-state index in [1.54, 1.807) is 0 Å². The predicted octanol–water partition coefficient (Wildman–Crippen LogP) is 1.68. The Kier molecular flexibility index (Phi) is 6.18. The number of phenols is 2. The van der Waals surface area contributed by atoms with E-state index in [0.29, 0.717) is 12.0 Å². The SMILES string of the molecule is CCC[C@H](O)[C@H](N)c1cc(O)ccc1O.Cl. The first-order valence-electron chi connectivity index (χ1n) is 5.01. The molecular weight excluding hydrogens is 230 g/mol. The van der Waals surface area contributed by atoms with E-state index < -0.39 is 12.1 Å². The van der Waals surface area contributed by atoms with Crippen LogP contribution >= 0.6 is 12.4 Å². The number of nitrogens with two attached hydrogens (primary N) is 1. The van der Waals surface area contributed by atoms with Gasteiger partial charge in [0, 0.05) is 5.56 Å². The highest BCUT2D eigenvalue weighted by molar-refractivity contribution is 5.85. The molecule has 0 aliphatic carbocycles. The van der Waals surface area contributed by atoms with Crippen molar-refractivity contribution in [2.75, 3.05) is 0 Å². The Balaban J connectivity index is 0.00000225. The van der Waals surface area contributed by atoms with Crippen LogP contribution in [0.1, 0.15) is 31.4 Å². The molecule has 4 nitrogen and oxygen atoms in total. The molecule has 2 atom stereocenters. The lowest BCUT2D eigenvalue weighted by molar-refractivity contribution is 0.133. The zero-order valence-corrected chi connectivity index (χ0v) is 9.94. The van der Waals surface area contributed by atoms with E-state index in [-0.39, 0.29) is 23.9 Å². The molecule has 0 aliphatic heterocycles. The summed E-state index contributed by atoms with van der Waals surface area (Å²) in [5.41, 5.74) is 6.14. The summed E-state index contributed by atoms with van der Waals surface area (Å²) in [6.45, 7) is 1.94. The number of halogens is 1. The third-order valence-electron chi connectivity index (χ3n) is 2.37. The van der Waals surface area contributed by atoms with Crippen molar-refractivity contribution >= 4 is 12.4 Å². The fraction of sp³-hybridized carbons (Fsp3) is 0.455. The lowest BCUT2D eigenvalue weighted by atomic mass is 9.98. The van der Waals surface area contributed by atoms with Crippen molar-refractivity contribution in [3.05, 3.63) is 23.8 Å². The Morgan fingerprint density at radius 1 is 1.31 bits per heavy atom. The number of hydrogen-bond acceptors (Lipinski definition) is 4. The van der Waals surface area contributed by atoms with Gasteiger partial charge in [-0.2, -0.15) is 0 Å². The lowest BCUT2D eigenvalue weighted by Crippen LogP contribution is -2.25. The largest absolute Gasteiger partial charge is 0.508 e. The highest BCUT2D eigenvalue weighted by Crippen LogP contribution is 2.29. The van der Waals surface area contributed by atoms with Gasteiger partial charge in [0.2, 0.25) is 0 Å². The van der Waals surface area contributed by atoms with Gasteiger partial charge in [0.1, 0.15) is 11.5 Å². The maximum Gasteiger partial charge on any atom is 0.120 e. The lowest BCUT2D eigenvalue weighted by Gasteiger charge is -2.19. The number of hydrogen-bond donors (Lipinski definition) is 4. The molecule has 5 heteroatoms. The summed E-state index contributed by atoms with van der Waals surface area (Å²) in [5, 5.41) is 28.4. The molecule has 0 aromatic heterocycles. The second-order valence-corrected chi connectivity index (χ2v) is 3.62. The molecule has 0 radical (unpaired) electrons. The van der Waals surface area contributed by atoms with E-state index in [9.17, 15) is 15.3 Å². The summed E-state index contributed by atoms with van der Waals surface area (Å²) in [5.74, 6) is 0.0254. The van der Waals surface area contributed by atoms with Crippen LogP contribution in [0.2, 0.25) is 0 Å². The predicted molar refractivity (Wildman–Crippen MR) is 64.9 cm³/mol. The average Bonchev–Trinajstić information content (AvgIpc) is 2.21. The molecule has 5 N–H and O–H groups in total. The molecule has 0 unspecified atom stereocenters. The van der Waals surface area contributed by atoms with E-state index in [4.69, 9.17) is 5.73 Å². The van der Waals surface area contributed by atoms with Crippen molar-refractivity contribution in [3.8, 4) is 11.5 Å². The second-order valence-electron chi connectivity index (χ2n) is 3.62. The number of aliphatic hydroxyl groups is 1. The zero-order chi connectivity index (χ0) is 11.4. The average molecular weight is 248 g/mol. The Morgan fingerprint density at radius 2 is 1.94 bits per heavy atom. The molecule has 0 bridgehead atoms. The van der Waals surface area contributed by atoms with Gasteiger partial charge in [-0.05, 0) is 24.6 Å². The van der Waals surface area contributed by atoms with Crippen LogP contribution in [0.5, 0.6) is 11.5 Å². The summed E-state index contributed by atoms with van der Waals surface area (Å²) in [6.07, 6.45) is 0.674. The van der Waals surface area contributed by atoms with Crippen LogP contribution in [0, 0.1) is 0 Å². The molecule has 0 heterocycles. The van der Waals surface area contributed by atoms with Gasteiger partial charge >= 0.3 is 0 Å². The van der Waals surface area contributed by atoms with Crippen molar-refractivity contribution in [2.24, 2.45) is 5.73 Å². The van der Waals surface area contributed by atoms with Gasteiger partial charge < -0.3 is 21.1 Å². The number of benzene rings is 1. The van der Waals surface area contributed by atoms with E-state index >= 15 is 0 Å². The summed E-state index contributed by atoms with van der Waals surface area (Å²) in [6, 6.07) is 3.44. The minimum Gasteiger partial charge on any atom is -0.508 e. The smallest absolute Gasteiger partial charge is 0.120 e. The van der Waals surface area contributed by atoms with E-state index in [1.165, 1.54) is 18.2 Å². The highest BCUT2D eigenvalue weighted by Gasteiger charge is 2.19. The second kappa shape index (κ2) is 6.58. The Morgan fingerprint density at radius 3 is 2.50 bits per heavy atom. The monoisotopic (exact) mass is 247 g/mol. The van der Waals surface area contributed by atoms with Gasteiger partial charge in [0.15, 0.2) is 0 Å². The van der Waals surface area contributed by atoms with Gasteiger partial charge in [-0.25, -0.2) is 0 Å². The van der Waals surface area contributed by atoms with Crippen LogP contribution < -0.4 is 5.73 Å². The van der Waals surface area contributed by atoms with E-state index in [2.05, 4.69) is 0 Å². The standard InChI is InChI=1S/C11H17NO3.ClH/c1-2-3-10(15)11(12)8-6-7(13)4-5-9(8)14;/h4-6,10-11,13-15H,2-3,12H2,1H3;1H/t10-,11+;/m0./s1. The molecule has 16 heavy (non-hydrogen) atoms. The summed E-state index contributed by atoms with van der Waals surface area (Å²) in [7, 11) is 0. The Labute approximate surface area is 101 Å². The van der Waals surface area contributed by atoms with Gasteiger partial charge in [0.05, 0.1) is 12.1 Å². The number of phenolic OH excluding ortho intramolecular Hbond substituents is 2. The molecule has 1 rings (SSSR count). The fourth-order valence-corrected chi connectivity index (χ4v) is 1.49. The van der Waals surface area contributed by atoms with Crippen molar-refractivity contribution in [1.29, 1.82) is 0 Å². The molecular formula is C11H18ClNO3. The van der Waals surface area contributed by atoms with Gasteiger partial charge in [-0.3, -0.25) is 0 Å². The van der Waals surface area contributed by atoms with Crippen molar-refractivity contribution in [1.82, 2.24) is 0 Å². The first-order valence-corrected chi connectivity index (χ1v) is 5.01. The number of rotatable bonds is 4. The highest BCUT2D eigenvalue weighted by atomic mass is 35.5. The van der Waals surface area contributed by atoms with Crippen LogP contribution in [0.3, 0.4) is 0 Å². The van der Waals surface area contributed by atoms with Gasteiger partial charge in [0.25, 0.3) is 0 Å². The zero-order valence-electron chi connectivity index (χ0n) is 9.13. The van der Waals surface area contributed by atoms with Crippen molar-refractivity contribution < 1.29 is 15.3 Å².